The maximum Gasteiger partial charge on any atom is 0.151 e. The Kier molecular flexibility index (Phi) is 5.21. The van der Waals surface area contributed by atoms with E-state index in [0.29, 0.717) is 0 Å². The van der Waals surface area contributed by atoms with Crippen molar-refractivity contribution in [2.24, 2.45) is 0 Å². The van der Waals surface area contributed by atoms with Crippen LogP contribution in [0.4, 0.5) is 17.1 Å². The maximum atomic E-state index is 8.28. The molecule has 33 heavy (non-hydrogen) atoms. The standard InChI is InChI=1S/C22H15N3O.C6H7N/c23-16-13-19(14-7-1-2-8-15(14)22(16)24)25-17-9-3-5-11-20(17)26-21-12-6-4-10-18(21)25;7-6-4-2-1-3-5-6/h1-13,23-24H;1-5H,7H2. The number of nitrogens with two attached hydrogens (primary N) is 1. The van der Waals surface area contributed by atoms with Crippen LogP contribution in [0.3, 0.4) is 0 Å². The van der Waals surface area contributed by atoms with Crippen molar-refractivity contribution in [3.8, 4) is 11.5 Å². The number of allylic oxidation sites excluding steroid dienone is 1. The van der Waals surface area contributed by atoms with Gasteiger partial charge < -0.3 is 15.4 Å². The molecule has 4 aromatic rings. The Morgan fingerprint density at radius 1 is 0.606 bits per heavy atom. The van der Waals surface area contributed by atoms with E-state index in [4.69, 9.17) is 21.3 Å². The fraction of sp³-hybridized carbons (Fsp3) is 0. The fourth-order valence-corrected chi connectivity index (χ4v) is 3.96. The molecule has 2 aliphatic rings. The number of hydrogen-bond acceptors (Lipinski definition) is 5. The van der Waals surface area contributed by atoms with Crippen molar-refractivity contribution in [3.05, 3.63) is 120 Å². The summed E-state index contributed by atoms with van der Waals surface area (Å²) >= 11 is 0. The van der Waals surface area contributed by atoms with Crippen LogP contribution < -0.4 is 15.4 Å². The van der Waals surface area contributed by atoms with Crippen molar-refractivity contribution < 1.29 is 4.74 Å². The van der Waals surface area contributed by atoms with Gasteiger partial charge in [-0.15, -0.1) is 0 Å². The first-order valence-electron chi connectivity index (χ1n) is 10.6. The van der Waals surface area contributed by atoms with Crippen molar-refractivity contribution in [1.82, 2.24) is 0 Å². The number of rotatable bonds is 1. The quantitative estimate of drug-likeness (QED) is 0.296. The van der Waals surface area contributed by atoms with Gasteiger partial charge in [-0.25, -0.2) is 0 Å². The highest BCUT2D eigenvalue weighted by atomic mass is 16.5. The van der Waals surface area contributed by atoms with Crippen molar-refractivity contribution >= 4 is 34.2 Å². The summed E-state index contributed by atoms with van der Waals surface area (Å²) in [5, 5.41) is 16.5. The largest absolute Gasteiger partial charge is 0.453 e. The zero-order valence-electron chi connectivity index (χ0n) is 17.8. The third kappa shape index (κ3) is 3.77. The molecule has 0 saturated carbocycles. The van der Waals surface area contributed by atoms with Gasteiger partial charge in [0.1, 0.15) is 0 Å². The second-order valence-electron chi connectivity index (χ2n) is 7.65. The van der Waals surface area contributed by atoms with Crippen LogP contribution in [0.5, 0.6) is 11.5 Å². The molecule has 0 amide bonds. The predicted octanol–water partition coefficient (Wildman–Crippen LogP) is 6.64. The van der Waals surface area contributed by atoms with Gasteiger partial charge in [-0.05, 0) is 42.5 Å². The molecule has 160 valence electrons. The van der Waals surface area contributed by atoms with Gasteiger partial charge in [-0.1, -0.05) is 66.7 Å². The van der Waals surface area contributed by atoms with Gasteiger partial charge in [-0.2, -0.15) is 0 Å². The molecule has 4 aromatic carbocycles. The molecule has 0 atom stereocenters. The lowest BCUT2D eigenvalue weighted by Gasteiger charge is -2.36. The Hall–Kier alpha value is -4.64. The van der Waals surface area contributed by atoms with Gasteiger partial charge in [0, 0.05) is 16.8 Å². The molecular weight excluding hydrogens is 408 g/mol. The summed E-state index contributed by atoms with van der Waals surface area (Å²) in [4.78, 5) is 2.12. The molecule has 0 saturated heterocycles. The lowest BCUT2D eigenvalue weighted by Crippen LogP contribution is -2.27. The molecule has 1 aliphatic carbocycles. The monoisotopic (exact) mass is 430 g/mol. The molecule has 5 heteroatoms. The minimum atomic E-state index is 0.208. The first kappa shape index (κ1) is 20.3. The number of anilines is 3. The second-order valence-corrected chi connectivity index (χ2v) is 7.65. The van der Waals surface area contributed by atoms with Crippen LogP contribution in [-0.4, -0.2) is 11.4 Å². The first-order valence-corrected chi connectivity index (χ1v) is 10.6. The molecule has 0 radical (unpaired) electrons. The summed E-state index contributed by atoms with van der Waals surface area (Å²) < 4.78 is 6.07. The van der Waals surface area contributed by atoms with Crippen LogP contribution in [0, 0.1) is 10.8 Å². The van der Waals surface area contributed by atoms with E-state index < -0.39 is 0 Å². The second kappa shape index (κ2) is 8.48. The zero-order valence-corrected chi connectivity index (χ0v) is 17.8. The maximum absolute atomic E-state index is 8.28. The van der Waals surface area contributed by atoms with E-state index >= 15 is 0 Å². The van der Waals surface area contributed by atoms with E-state index in [0.717, 1.165) is 45.4 Å². The van der Waals surface area contributed by atoms with Crippen LogP contribution in [0.1, 0.15) is 11.1 Å². The fourth-order valence-electron chi connectivity index (χ4n) is 3.96. The Balaban J connectivity index is 0.000000281. The van der Waals surface area contributed by atoms with Crippen molar-refractivity contribution in [1.29, 1.82) is 10.8 Å². The van der Waals surface area contributed by atoms with Gasteiger partial charge >= 0.3 is 0 Å². The van der Waals surface area contributed by atoms with Crippen LogP contribution in [0.2, 0.25) is 0 Å². The predicted molar refractivity (Wildman–Crippen MR) is 135 cm³/mol. The summed E-state index contributed by atoms with van der Waals surface area (Å²) in [5.41, 5.74) is 11.1. The van der Waals surface area contributed by atoms with Crippen molar-refractivity contribution in [2.45, 2.75) is 0 Å². The third-order valence-corrected chi connectivity index (χ3v) is 5.50. The van der Waals surface area contributed by atoms with Crippen LogP contribution in [-0.2, 0) is 0 Å². The van der Waals surface area contributed by atoms with Gasteiger partial charge in [0.2, 0.25) is 0 Å². The van der Waals surface area contributed by atoms with Crippen LogP contribution in [0.15, 0.2) is 109 Å². The average Bonchev–Trinajstić information content (AvgIpc) is 2.86. The highest BCUT2D eigenvalue weighted by molar-refractivity contribution is 6.53. The van der Waals surface area contributed by atoms with Crippen LogP contribution in [0.25, 0.3) is 5.70 Å². The Bertz CT molecular complexity index is 1350. The highest BCUT2D eigenvalue weighted by Crippen LogP contribution is 2.50. The number of nitrogen functional groups attached to an aromatic ring is 1. The first-order chi connectivity index (χ1) is 16.1. The number of ether oxygens (including phenoxy) is 1. The number of fused-ring (bicyclic) bond motifs is 3. The number of para-hydroxylation sites is 5. The molecular formula is C28H22N4O. The van der Waals surface area contributed by atoms with Gasteiger partial charge in [0.15, 0.2) is 11.5 Å². The number of hydrogen-bond donors (Lipinski definition) is 3. The summed E-state index contributed by atoms with van der Waals surface area (Å²) in [7, 11) is 0. The summed E-state index contributed by atoms with van der Waals surface area (Å²) in [6.45, 7) is 0. The van der Waals surface area contributed by atoms with E-state index in [2.05, 4.69) is 4.90 Å². The van der Waals surface area contributed by atoms with Gasteiger partial charge in [0.05, 0.1) is 28.5 Å². The zero-order chi connectivity index (χ0) is 22.8. The van der Waals surface area contributed by atoms with Gasteiger partial charge in [-0.3, -0.25) is 10.8 Å². The summed E-state index contributed by atoms with van der Waals surface area (Å²) in [6.07, 6.45) is 1.77. The average molecular weight is 431 g/mol. The van der Waals surface area contributed by atoms with E-state index in [9.17, 15) is 0 Å². The van der Waals surface area contributed by atoms with E-state index in [-0.39, 0.29) is 11.4 Å². The Morgan fingerprint density at radius 3 is 1.70 bits per heavy atom. The molecule has 6 rings (SSSR count). The molecule has 1 heterocycles. The number of nitrogens with zero attached hydrogens (tertiary/aromatic N) is 1. The number of nitrogens with one attached hydrogen (secondary N) is 2. The lowest BCUT2D eigenvalue weighted by molar-refractivity contribution is 0.477. The highest BCUT2D eigenvalue weighted by Gasteiger charge is 2.31. The molecule has 0 spiro atoms. The molecule has 0 aromatic heterocycles. The summed E-state index contributed by atoms with van der Waals surface area (Å²) in [5.74, 6) is 1.55. The van der Waals surface area contributed by atoms with E-state index in [1.807, 2.05) is 103 Å². The molecule has 4 N–H and O–H groups in total. The number of benzene rings is 4. The minimum Gasteiger partial charge on any atom is -0.453 e. The third-order valence-electron chi connectivity index (χ3n) is 5.50. The van der Waals surface area contributed by atoms with Crippen LogP contribution >= 0.6 is 0 Å². The molecule has 0 unspecified atom stereocenters. The summed E-state index contributed by atoms with van der Waals surface area (Å²) in [6, 6.07) is 33.0. The van der Waals surface area contributed by atoms with E-state index in [1.165, 1.54) is 0 Å². The Morgan fingerprint density at radius 2 is 1.12 bits per heavy atom. The topological polar surface area (TPSA) is 86.2 Å². The SMILES string of the molecule is N=C1C=C(N2c3ccccc3Oc3ccccc32)c2ccccc2C1=N.Nc1ccccc1. The Labute approximate surface area is 192 Å². The van der Waals surface area contributed by atoms with E-state index in [1.54, 1.807) is 6.08 Å². The molecule has 0 bridgehead atoms. The van der Waals surface area contributed by atoms with Crippen molar-refractivity contribution in [2.75, 3.05) is 10.6 Å². The molecule has 0 fully saturated rings. The molecule has 5 nitrogen and oxygen atoms in total. The lowest BCUT2D eigenvalue weighted by atomic mass is 9.90. The smallest absolute Gasteiger partial charge is 0.151 e. The minimum absolute atomic E-state index is 0.208. The van der Waals surface area contributed by atoms with Crippen molar-refractivity contribution in [3.63, 3.8) is 0 Å². The molecule has 1 aliphatic heterocycles. The van der Waals surface area contributed by atoms with Gasteiger partial charge in [0.25, 0.3) is 0 Å². The normalized spacial score (nSPS) is 13.5.